The summed E-state index contributed by atoms with van der Waals surface area (Å²) < 4.78 is 0. The van der Waals surface area contributed by atoms with Crippen LogP contribution in [-0.2, 0) is 11.2 Å². The van der Waals surface area contributed by atoms with E-state index in [-0.39, 0.29) is 18.4 Å². The summed E-state index contributed by atoms with van der Waals surface area (Å²) in [5, 5.41) is 5.65. The standard InChI is InChI=1S/C16H19N5OS/c1-9(2)15(17)16-21-11(7-23-16)6-14(22)20-10-3-4-12-13(5-10)19-8-18-12/h3-5,7-9,15H,6,17H2,1-2H3,(H,18,19)(H,20,22). The number of anilines is 1. The number of rotatable bonds is 5. The molecule has 0 spiro atoms. The van der Waals surface area contributed by atoms with E-state index < -0.39 is 0 Å². The smallest absolute Gasteiger partial charge is 0.230 e. The Morgan fingerprint density at radius 3 is 3.04 bits per heavy atom. The maximum atomic E-state index is 12.2. The molecule has 0 aliphatic rings. The van der Waals surface area contributed by atoms with E-state index in [1.54, 1.807) is 6.33 Å². The Kier molecular flexibility index (Phi) is 4.40. The van der Waals surface area contributed by atoms with Gasteiger partial charge in [-0.2, -0.15) is 0 Å². The largest absolute Gasteiger partial charge is 0.345 e. The van der Waals surface area contributed by atoms with Gasteiger partial charge in [-0.3, -0.25) is 4.79 Å². The molecule has 0 saturated carbocycles. The van der Waals surface area contributed by atoms with Gasteiger partial charge in [0.2, 0.25) is 5.91 Å². The summed E-state index contributed by atoms with van der Waals surface area (Å²) in [7, 11) is 0. The fraction of sp³-hybridized carbons (Fsp3) is 0.312. The van der Waals surface area contributed by atoms with Crippen molar-refractivity contribution < 1.29 is 4.79 Å². The number of fused-ring (bicyclic) bond motifs is 1. The highest BCUT2D eigenvalue weighted by molar-refractivity contribution is 7.09. The number of nitrogens with two attached hydrogens (primary N) is 1. The molecule has 7 heteroatoms. The van der Waals surface area contributed by atoms with Crippen LogP contribution in [0.1, 0.15) is 30.6 Å². The molecule has 1 atom stereocenters. The third-order valence-corrected chi connectivity index (χ3v) is 4.61. The van der Waals surface area contributed by atoms with E-state index in [0.29, 0.717) is 5.92 Å². The van der Waals surface area contributed by atoms with Gasteiger partial charge in [-0.05, 0) is 24.1 Å². The molecule has 0 aliphatic heterocycles. The van der Waals surface area contributed by atoms with Crippen LogP contribution < -0.4 is 11.1 Å². The maximum Gasteiger partial charge on any atom is 0.230 e. The van der Waals surface area contributed by atoms with Gasteiger partial charge >= 0.3 is 0 Å². The number of H-pyrrole nitrogens is 1. The molecular weight excluding hydrogens is 310 g/mol. The number of aromatic amines is 1. The number of hydrogen-bond donors (Lipinski definition) is 3. The first kappa shape index (κ1) is 15.6. The van der Waals surface area contributed by atoms with Crippen molar-refractivity contribution in [2.24, 2.45) is 11.7 Å². The number of amides is 1. The lowest BCUT2D eigenvalue weighted by Crippen LogP contribution is -2.17. The maximum absolute atomic E-state index is 12.2. The molecule has 6 nitrogen and oxygen atoms in total. The molecule has 0 fully saturated rings. The molecule has 120 valence electrons. The first-order valence-corrected chi connectivity index (χ1v) is 8.34. The summed E-state index contributed by atoms with van der Waals surface area (Å²) in [5.41, 5.74) is 9.33. The Labute approximate surface area is 138 Å². The molecular formula is C16H19N5OS. The molecule has 0 aliphatic carbocycles. The van der Waals surface area contributed by atoms with E-state index in [1.165, 1.54) is 11.3 Å². The van der Waals surface area contributed by atoms with Gasteiger partial charge in [-0.1, -0.05) is 13.8 Å². The molecule has 1 amide bonds. The molecule has 1 unspecified atom stereocenters. The number of nitrogens with one attached hydrogen (secondary N) is 2. The van der Waals surface area contributed by atoms with Crippen molar-refractivity contribution >= 4 is 34.0 Å². The van der Waals surface area contributed by atoms with Crippen molar-refractivity contribution in [2.75, 3.05) is 5.32 Å². The third kappa shape index (κ3) is 3.57. The minimum Gasteiger partial charge on any atom is -0.345 e. The lowest BCUT2D eigenvalue weighted by Gasteiger charge is -2.11. The van der Waals surface area contributed by atoms with E-state index in [0.717, 1.165) is 27.4 Å². The van der Waals surface area contributed by atoms with Gasteiger partial charge in [-0.15, -0.1) is 11.3 Å². The predicted octanol–water partition coefficient (Wildman–Crippen LogP) is 2.86. The lowest BCUT2D eigenvalue weighted by atomic mass is 10.1. The first-order chi connectivity index (χ1) is 11.0. The van der Waals surface area contributed by atoms with Gasteiger partial charge in [-0.25, -0.2) is 9.97 Å². The SMILES string of the molecule is CC(C)C(N)c1nc(CC(=O)Nc2ccc3nc[nH]c3c2)cs1. The summed E-state index contributed by atoms with van der Waals surface area (Å²) in [5.74, 6) is 0.225. The summed E-state index contributed by atoms with van der Waals surface area (Å²) in [4.78, 5) is 23.8. The second kappa shape index (κ2) is 6.47. The van der Waals surface area contributed by atoms with Gasteiger partial charge < -0.3 is 16.0 Å². The molecule has 2 aromatic heterocycles. The fourth-order valence-corrected chi connectivity index (χ4v) is 3.22. The Balaban J connectivity index is 1.65. The Morgan fingerprint density at radius 2 is 2.26 bits per heavy atom. The van der Waals surface area contributed by atoms with Gasteiger partial charge in [0.25, 0.3) is 0 Å². The van der Waals surface area contributed by atoms with Gasteiger partial charge in [0.15, 0.2) is 0 Å². The monoisotopic (exact) mass is 329 g/mol. The summed E-state index contributed by atoms with van der Waals surface area (Å²) >= 11 is 1.51. The quantitative estimate of drug-likeness (QED) is 0.670. The van der Waals surface area contributed by atoms with Crippen molar-refractivity contribution in [1.29, 1.82) is 0 Å². The molecule has 0 radical (unpaired) electrons. The number of carbonyl (C=O) groups excluding carboxylic acids is 1. The number of nitrogens with zero attached hydrogens (tertiary/aromatic N) is 2. The summed E-state index contributed by atoms with van der Waals surface area (Å²) in [6.07, 6.45) is 1.87. The zero-order valence-electron chi connectivity index (χ0n) is 13.0. The lowest BCUT2D eigenvalue weighted by molar-refractivity contribution is -0.115. The molecule has 0 saturated heterocycles. The van der Waals surface area contributed by atoms with Crippen LogP contribution in [0, 0.1) is 5.92 Å². The van der Waals surface area contributed by atoms with E-state index >= 15 is 0 Å². The van der Waals surface area contributed by atoms with E-state index in [4.69, 9.17) is 5.73 Å². The average Bonchev–Trinajstić information content (AvgIpc) is 3.14. The van der Waals surface area contributed by atoms with Crippen LogP contribution in [0.25, 0.3) is 11.0 Å². The Bertz CT molecular complexity index is 823. The highest BCUT2D eigenvalue weighted by Gasteiger charge is 2.16. The summed E-state index contributed by atoms with van der Waals surface area (Å²) in [6, 6.07) is 5.48. The van der Waals surface area contributed by atoms with Crippen LogP contribution in [0.2, 0.25) is 0 Å². The highest BCUT2D eigenvalue weighted by atomic mass is 32.1. The molecule has 23 heavy (non-hydrogen) atoms. The highest BCUT2D eigenvalue weighted by Crippen LogP contribution is 2.23. The number of hydrogen-bond acceptors (Lipinski definition) is 5. The number of carbonyl (C=O) groups is 1. The van der Waals surface area contributed by atoms with Crippen LogP contribution in [0.3, 0.4) is 0 Å². The number of aromatic nitrogens is 3. The predicted molar refractivity (Wildman–Crippen MR) is 92.3 cm³/mol. The minimum absolute atomic E-state index is 0.0837. The van der Waals surface area contributed by atoms with E-state index in [1.807, 2.05) is 23.6 Å². The zero-order valence-corrected chi connectivity index (χ0v) is 13.9. The Hall–Kier alpha value is -2.25. The van der Waals surface area contributed by atoms with Crippen LogP contribution in [0.15, 0.2) is 29.9 Å². The van der Waals surface area contributed by atoms with Crippen LogP contribution in [-0.4, -0.2) is 20.9 Å². The molecule has 3 aromatic rings. The van der Waals surface area contributed by atoms with Crippen LogP contribution in [0.5, 0.6) is 0 Å². The van der Waals surface area contributed by atoms with Crippen LogP contribution in [0.4, 0.5) is 5.69 Å². The van der Waals surface area contributed by atoms with Crippen molar-refractivity contribution in [3.8, 4) is 0 Å². The van der Waals surface area contributed by atoms with Crippen molar-refractivity contribution in [3.63, 3.8) is 0 Å². The van der Waals surface area contributed by atoms with Gasteiger partial charge in [0.05, 0.1) is 35.5 Å². The van der Waals surface area contributed by atoms with Gasteiger partial charge in [0.1, 0.15) is 5.01 Å². The van der Waals surface area contributed by atoms with Crippen molar-refractivity contribution in [1.82, 2.24) is 15.0 Å². The Morgan fingerprint density at radius 1 is 1.43 bits per heavy atom. The molecule has 3 rings (SSSR count). The average molecular weight is 329 g/mol. The summed E-state index contributed by atoms with van der Waals surface area (Å²) in [6.45, 7) is 4.12. The molecule has 1 aromatic carbocycles. The normalized spacial score (nSPS) is 12.7. The van der Waals surface area contributed by atoms with Crippen molar-refractivity contribution in [2.45, 2.75) is 26.3 Å². The number of benzene rings is 1. The third-order valence-electron chi connectivity index (χ3n) is 3.62. The molecule has 0 bridgehead atoms. The van der Waals surface area contributed by atoms with Crippen LogP contribution >= 0.6 is 11.3 Å². The van der Waals surface area contributed by atoms with Gasteiger partial charge in [0, 0.05) is 11.1 Å². The topological polar surface area (TPSA) is 96.7 Å². The van der Waals surface area contributed by atoms with E-state index in [2.05, 4.69) is 34.1 Å². The molecule has 2 heterocycles. The second-order valence-corrected chi connectivity index (χ2v) is 6.70. The zero-order chi connectivity index (χ0) is 16.4. The minimum atomic E-state index is -0.0983. The number of thiazole rings is 1. The number of imidazole rings is 1. The van der Waals surface area contributed by atoms with Crippen molar-refractivity contribution in [3.05, 3.63) is 40.6 Å². The molecule has 4 N–H and O–H groups in total. The first-order valence-electron chi connectivity index (χ1n) is 7.46. The van der Waals surface area contributed by atoms with E-state index in [9.17, 15) is 4.79 Å². The fourth-order valence-electron chi connectivity index (χ4n) is 2.23. The second-order valence-electron chi connectivity index (χ2n) is 5.81.